The number of carbonyl (C=O) groups excluding carboxylic acids is 2. The average molecular weight is 670 g/mol. The number of anilines is 1. The maximum absolute atomic E-state index is 14.3. The number of nitrogens with zero attached hydrogens (tertiary/aromatic N) is 6. The van der Waals surface area contributed by atoms with Gasteiger partial charge in [0.05, 0.1) is 5.56 Å². The summed E-state index contributed by atoms with van der Waals surface area (Å²) < 4.78 is 26.1. The molecule has 1 aromatic heterocycles. The zero-order valence-electron chi connectivity index (χ0n) is 30.8. The van der Waals surface area contributed by atoms with Gasteiger partial charge in [0.1, 0.15) is 23.5 Å². The van der Waals surface area contributed by atoms with Crippen LogP contribution in [0.25, 0.3) is 0 Å². The molecule has 266 valence electrons. The van der Waals surface area contributed by atoms with Gasteiger partial charge in [-0.3, -0.25) is 9.69 Å². The molecule has 1 spiro atoms. The van der Waals surface area contributed by atoms with Crippen LogP contribution in [0.5, 0.6) is 11.6 Å². The zero-order chi connectivity index (χ0) is 35.7. The number of hydrogen-bond acceptors (Lipinski definition) is 9. The van der Waals surface area contributed by atoms with Crippen molar-refractivity contribution in [3.05, 3.63) is 35.9 Å². The first-order valence-electron chi connectivity index (χ1n) is 17.3. The van der Waals surface area contributed by atoms with Crippen molar-refractivity contribution < 1.29 is 23.5 Å². The summed E-state index contributed by atoms with van der Waals surface area (Å²) in [7, 11) is 0. The van der Waals surface area contributed by atoms with Gasteiger partial charge in [-0.15, -0.1) is 10.2 Å². The molecule has 11 nitrogen and oxygen atoms in total. The third-order valence-corrected chi connectivity index (χ3v) is 10.0. The van der Waals surface area contributed by atoms with Crippen LogP contribution in [0.3, 0.4) is 0 Å². The molecule has 2 saturated heterocycles. The van der Waals surface area contributed by atoms with Crippen molar-refractivity contribution in [2.24, 2.45) is 11.3 Å². The monoisotopic (exact) mass is 669 g/mol. The van der Waals surface area contributed by atoms with Crippen LogP contribution in [-0.4, -0.2) is 92.4 Å². The Balaban J connectivity index is 1.45. The fourth-order valence-corrected chi connectivity index (χ4v) is 6.82. The molecular weight excluding hydrogens is 613 g/mol. The number of alkyl carbamates (subject to hydrolysis) is 1. The summed E-state index contributed by atoms with van der Waals surface area (Å²) in [6.45, 7) is 26.3. The molecule has 4 rings (SSSR count). The molecule has 1 atom stereocenters. The van der Waals surface area contributed by atoms with Crippen LogP contribution in [0.4, 0.5) is 15.0 Å². The molecule has 2 aliphatic rings. The van der Waals surface area contributed by atoms with Crippen molar-refractivity contribution in [1.82, 2.24) is 30.3 Å². The summed E-state index contributed by atoms with van der Waals surface area (Å²) in [5.74, 6) is 0.529. The maximum Gasteiger partial charge on any atom is 0.408 e. The number of ether oxygens (including phenoxy) is 2. The van der Waals surface area contributed by atoms with Crippen LogP contribution < -0.4 is 15.0 Å². The molecule has 2 aromatic rings. The van der Waals surface area contributed by atoms with E-state index in [2.05, 4.69) is 64.9 Å². The highest BCUT2D eigenvalue weighted by Crippen LogP contribution is 2.48. The molecule has 0 saturated carbocycles. The number of carbonyl (C=O) groups is 2. The van der Waals surface area contributed by atoms with Gasteiger partial charge in [0, 0.05) is 55.3 Å². The molecule has 2 fully saturated rings. The van der Waals surface area contributed by atoms with Crippen LogP contribution in [0.1, 0.15) is 106 Å². The average Bonchev–Trinajstić information content (AvgIpc) is 3.41. The summed E-state index contributed by atoms with van der Waals surface area (Å²) >= 11 is 0. The van der Waals surface area contributed by atoms with Crippen LogP contribution in [0.15, 0.2) is 24.5 Å². The first-order valence-corrected chi connectivity index (χ1v) is 17.3. The van der Waals surface area contributed by atoms with Gasteiger partial charge in [-0.25, -0.2) is 14.2 Å². The SMILES string of the molecule is CCN(C(=O)c1cc(F)ccc1Oc1nncnc1N1CCC2(C1)CN(C(C)(CCC(C)(C)NC(=O)OC(C)(C)C)C(C)C)C2)C(C)C. The molecule has 2 aliphatic heterocycles. The predicted octanol–water partition coefficient (Wildman–Crippen LogP) is 6.68. The molecule has 0 aliphatic carbocycles. The Morgan fingerprint density at radius 1 is 1.06 bits per heavy atom. The highest BCUT2D eigenvalue weighted by atomic mass is 19.1. The van der Waals surface area contributed by atoms with E-state index in [9.17, 15) is 14.0 Å². The number of hydrogen-bond donors (Lipinski definition) is 1. The van der Waals surface area contributed by atoms with Gasteiger partial charge in [-0.2, -0.15) is 0 Å². The van der Waals surface area contributed by atoms with E-state index in [0.717, 1.165) is 45.4 Å². The second-order valence-electron chi connectivity index (χ2n) is 16.1. The van der Waals surface area contributed by atoms with E-state index in [1.54, 1.807) is 4.90 Å². The first kappa shape index (κ1) is 37.3. The van der Waals surface area contributed by atoms with Gasteiger partial charge in [-0.05, 0) is 106 Å². The minimum atomic E-state index is -0.546. The molecule has 12 heteroatoms. The van der Waals surface area contributed by atoms with Crippen molar-refractivity contribution >= 4 is 17.8 Å². The molecule has 1 N–H and O–H groups in total. The lowest BCUT2D eigenvalue weighted by Gasteiger charge is -2.58. The van der Waals surface area contributed by atoms with Gasteiger partial charge in [0.25, 0.3) is 11.8 Å². The largest absolute Gasteiger partial charge is 0.444 e. The standard InChI is InChI=1S/C36H56FN7O4/c1-12-44(25(4)5)31(45)27-19-26(37)13-14-28(27)47-30-29(38-23-39-41-30)42-18-17-36(20-42)21-43(22-36)35(11,24(2)3)16-15-34(9,10)40-32(46)48-33(6,7)8/h13-14,19,23-25H,12,15-18,20-22H2,1-11H3,(H,40,46). The fourth-order valence-electron chi connectivity index (χ4n) is 6.82. The lowest BCUT2D eigenvalue weighted by atomic mass is 9.71. The Hall–Kier alpha value is -3.54. The molecular formula is C36H56FN7O4. The lowest BCUT2D eigenvalue weighted by Crippen LogP contribution is -2.67. The van der Waals surface area contributed by atoms with Crippen LogP contribution in [-0.2, 0) is 4.74 Å². The van der Waals surface area contributed by atoms with E-state index in [0.29, 0.717) is 18.3 Å². The van der Waals surface area contributed by atoms with Gasteiger partial charge < -0.3 is 24.6 Å². The molecule has 2 amide bonds. The number of aromatic nitrogens is 3. The van der Waals surface area contributed by atoms with E-state index in [4.69, 9.17) is 9.47 Å². The van der Waals surface area contributed by atoms with Crippen molar-refractivity contribution in [2.75, 3.05) is 37.6 Å². The van der Waals surface area contributed by atoms with E-state index in [1.807, 2.05) is 41.5 Å². The second kappa shape index (κ2) is 14.1. The van der Waals surface area contributed by atoms with Crippen molar-refractivity contribution in [3.63, 3.8) is 0 Å². The topological polar surface area (TPSA) is 113 Å². The van der Waals surface area contributed by atoms with Gasteiger partial charge in [-0.1, -0.05) is 13.8 Å². The summed E-state index contributed by atoms with van der Waals surface area (Å²) in [4.78, 5) is 36.9. The lowest BCUT2D eigenvalue weighted by molar-refractivity contribution is -0.0862. The minimum absolute atomic E-state index is 0.0514. The Morgan fingerprint density at radius 3 is 2.35 bits per heavy atom. The van der Waals surface area contributed by atoms with E-state index >= 15 is 0 Å². The maximum atomic E-state index is 14.3. The first-order chi connectivity index (χ1) is 22.3. The molecule has 1 unspecified atom stereocenters. The summed E-state index contributed by atoms with van der Waals surface area (Å²) in [5.41, 5.74) is -0.787. The van der Waals surface area contributed by atoms with E-state index in [1.165, 1.54) is 24.5 Å². The number of benzene rings is 1. The smallest absolute Gasteiger partial charge is 0.408 e. The van der Waals surface area contributed by atoms with E-state index in [-0.39, 0.29) is 40.1 Å². The Morgan fingerprint density at radius 2 is 1.75 bits per heavy atom. The Bertz CT molecular complexity index is 1450. The molecule has 0 bridgehead atoms. The third kappa shape index (κ3) is 8.54. The van der Waals surface area contributed by atoms with Crippen LogP contribution >= 0.6 is 0 Å². The van der Waals surface area contributed by atoms with Crippen molar-refractivity contribution in [2.45, 2.75) is 118 Å². The van der Waals surface area contributed by atoms with Crippen LogP contribution in [0, 0.1) is 17.2 Å². The second-order valence-corrected chi connectivity index (χ2v) is 16.1. The zero-order valence-corrected chi connectivity index (χ0v) is 30.8. The molecule has 3 heterocycles. The predicted molar refractivity (Wildman–Crippen MR) is 185 cm³/mol. The van der Waals surface area contributed by atoms with E-state index < -0.39 is 23.1 Å². The number of amides is 2. The molecule has 0 radical (unpaired) electrons. The number of nitrogens with one attached hydrogen (secondary N) is 1. The number of halogens is 1. The minimum Gasteiger partial charge on any atom is -0.444 e. The summed E-state index contributed by atoms with van der Waals surface area (Å²) in [5, 5.41) is 11.3. The molecule has 1 aromatic carbocycles. The summed E-state index contributed by atoms with van der Waals surface area (Å²) in [6.07, 6.45) is 3.73. The highest BCUT2D eigenvalue weighted by Gasteiger charge is 2.54. The normalized spacial score (nSPS) is 17.8. The quantitative estimate of drug-likeness (QED) is 0.264. The van der Waals surface area contributed by atoms with Gasteiger partial charge >= 0.3 is 6.09 Å². The van der Waals surface area contributed by atoms with Crippen LogP contribution in [0.2, 0.25) is 0 Å². The number of likely N-dealkylation sites (tertiary alicyclic amines) is 1. The molecule has 48 heavy (non-hydrogen) atoms. The van der Waals surface area contributed by atoms with Crippen molar-refractivity contribution in [3.8, 4) is 11.6 Å². The summed E-state index contributed by atoms with van der Waals surface area (Å²) in [6, 6.07) is 3.88. The van der Waals surface area contributed by atoms with Gasteiger partial charge in [0.15, 0.2) is 5.82 Å². The highest BCUT2D eigenvalue weighted by molar-refractivity contribution is 5.97. The number of rotatable bonds is 12. The van der Waals surface area contributed by atoms with Crippen molar-refractivity contribution in [1.29, 1.82) is 0 Å². The Kier molecular flexibility index (Phi) is 11.0. The Labute approximate surface area is 286 Å². The fraction of sp³-hybridized carbons (Fsp3) is 0.694. The third-order valence-electron chi connectivity index (χ3n) is 10.0. The van der Waals surface area contributed by atoms with Gasteiger partial charge in [0.2, 0.25) is 0 Å².